The van der Waals surface area contributed by atoms with Gasteiger partial charge >= 0.3 is 11.8 Å². The lowest BCUT2D eigenvalue weighted by molar-refractivity contribution is -0.140. The number of nitrogens with zero attached hydrogens (tertiary/aromatic N) is 1. The maximum Gasteiger partial charge on any atom is 0.329 e. The third-order valence-corrected chi connectivity index (χ3v) is 2.31. The van der Waals surface area contributed by atoms with Crippen molar-refractivity contribution in [2.24, 2.45) is 5.10 Å². The number of rotatable bonds is 3. The van der Waals surface area contributed by atoms with Gasteiger partial charge in [0, 0.05) is 11.1 Å². The zero-order chi connectivity index (χ0) is 16.0. The van der Waals surface area contributed by atoms with Gasteiger partial charge in [0.15, 0.2) is 11.5 Å². The Kier molecular flexibility index (Phi) is 5.29. The lowest BCUT2D eigenvalue weighted by Crippen LogP contribution is -2.47. The molecule has 0 spiro atoms. The van der Waals surface area contributed by atoms with Crippen LogP contribution in [0.5, 0.6) is 11.5 Å². The number of carbonyl (C=O) groups is 2. The highest BCUT2D eigenvalue weighted by Gasteiger charge is 2.19. The minimum Gasteiger partial charge on any atom is -0.504 e. The number of hydrogen-bond acceptors (Lipinski definition) is 5. The average molecular weight is 293 g/mol. The quantitative estimate of drug-likeness (QED) is 0.435. The van der Waals surface area contributed by atoms with Crippen LogP contribution in [-0.4, -0.2) is 35.8 Å². The van der Waals surface area contributed by atoms with Gasteiger partial charge in [-0.15, -0.1) is 0 Å². The van der Waals surface area contributed by atoms with Crippen molar-refractivity contribution in [1.29, 1.82) is 0 Å². The van der Waals surface area contributed by atoms with E-state index < -0.39 is 17.4 Å². The number of carbonyl (C=O) groups excluding carboxylic acids is 2. The Bertz CT molecular complexity index is 562. The van der Waals surface area contributed by atoms with Gasteiger partial charge in [-0.2, -0.15) is 5.10 Å². The highest BCUT2D eigenvalue weighted by molar-refractivity contribution is 6.35. The van der Waals surface area contributed by atoms with Gasteiger partial charge in [0.05, 0.1) is 13.3 Å². The third-order valence-electron chi connectivity index (χ3n) is 2.31. The van der Waals surface area contributed by atoms with Crippen molar-refractivity contribution in [1.82, 2.24) is 10.7 Å². The summed E-state index contributed by atoms with van der Waals surface area (Å²) in [7, 11) is 1.43. The van der Waals surface area contributed by atoms with Crippen LogP contribution in [0, 0.1) is 0 Å². The van der Waals surface area contributed by atoms with Crippen molar-refractivity contribution in [3.8, 4) is 11.5 Å². The molecule has 0 bridgehead atoms. The minimum absolute atomic E-state index is 0.0999. The average Bonchev–Trinajstić information content (AvgIpc) is 2.38. The van der Waals surface area contributed by atoms with Gasteiger partial charge in [-0.05, 0) is 32.9 Å². The largest absolute Gasteiger partial charge is 0.504 e. The summed E-state index contributed by atoms with van der Waals surface area (Å²) in [6, 6.07) is 4.83. The molecule has 7 heteroatoms. The minimum atomic E-state index is -0.886. The first-order valence-electron chi connectivity index (χ1n) is 6.26. The molecular weight excluding hydrogens is 274 g/mol. The fraction of sp³-hybridized carbons (Fsp3) is 0.357. The van der Waals surface area contributed by atoms with E-state index in [0.29, 0.717) is 5.56 Å². The zero-order valence-corrected chi connectivity index (χ0v) is 12.4. The molecule has 0 aromatic heterocycles. The van der Waals surface area contributed by atoms with Crippen LogP contribution in [0.25, 0.3) is 0 Å². The highest BCUT2D eigenvalue weighted by atomic mass is 16.5. The fourth-order valence-electron chi connectivity index (χ4n) is 1.42. The van der Waals surface area contributed by atoms with Crippen molar-refractivity contribution in [3.05, 3.63) is 23.8 Å². The van der Waals surface area contributed by atoms with Gasteiger partial charge in [-0.25, -0.2) is 5.43 Å². The molecule has 0 aliphatic carbocycles. The summed E-state index contributed by atoms with van der Waals surface area (Å²) in [5.74, 6) is -1.48. The smallest absolute Gasteiger partial charge is 0.329 e. The summed E-state index contributed by atoms with van der Waals surface area (Å²) in [6.45, 7) is 5.28. The van der Waals surface area contributed by atoms with Crippen LogP contribution in [-0.2, 0) is 9.59 Å². The second-order valence-corrected chi connectivity index (χ2v) is 5.30. The maximum atomic E-state index is 11.5. The molecule has 1 aromatic rings. The zero-order valence-electron chi connectivity index (χ0n) is 12.4. The van der Waals surface area contributed by atoms with Crippen LogP contribution in [0.4, 0.5) is 0 Å². The molecule has 2 amide bonds. The summed E-state index contributed by atoms with van der Waals surface area (Å²) in [6.07, 6.45) is 1.22. The number of hydrogen-bond donors (Lipinski definition) is 3. The van der Waals surface area contributed by atoms with E-state index in [-0.39, 0.29) is 11.5 Å². The number of amides is 2. The Labute approximate surface area is 123 Å². The molecule has 0 atom stereocenters. The number of para-hydroxylation sites is 1. The number of aromatic hydroxyl groups is 1. The predicted octanol–water partition coefficient (Wildman–Crippen LogP) is 0.766. The summed E-state index contributed by atoms with van der Waals surface area (Å²) in [5, 5.41) is 15.9. The fourth-order valence-corrected chi connectivity index (χ4v) is 1.42. The maximum absolute atomic E-state index is 11.5. The van der Waals surface area contributed by atoms with E-state index in [1.807, 2.05) is 0 Å². The van der Waals surface area contributed by atoms with Crippen molar-refractivity contribution >= 4 is 18.0 Å². The molecule has 0 radical (unpaired) electrons. The lowest BCUT2D eigenvalue weighted by atomic mass is 10.1. The number of hydrazone groups is 1. The van der Waals surface area contributed by atoms with Gasteiger partial charge < -0.3 is 15.2 Å². The Hall–Kier alpha value is -2.57. The van der Waals surface area contributed by atoms with Gasteiger partial charge in [0.25, 0.3) is 0 Å². The van der Waals surface area contributed by atoms with E-state index in [1.165, 1.54) is 13.3 Å². The van der Waals surface area contributed by atoms with Crippen LogP contribution in [0.15, 0.2) is 23.3 Å². The molecule has 0 aliphatic rings. The predicted molar refractivity (Wildman–Crippen MR) is 78.3 cm³/mol. The van der Waals surface area contributed by atoms with Crippen LogP contribution >= 0.6 is 0 Å². The van der Waals surface area contributed by atoms with Crippen molar-refractivity contribution in [3.63, 3.8) is 0 Å². The number of methoxy groups -OCH3 is 1. The Balaban J connectivity index is 2.67. The van der Waals surface area contributed by atoms with Crippen molar-refractivity contribution in [2.75, 3.05) is 7.11 Å². The molecular formula is C14H19N3O4. The number of ether oxygens (including phenoxy) is 1. The van der Waals surface area contributed by atoms with E-state index in [0.717, 1.165) is 0 Å². The van der Waals surface area contributed by atoms with E-state index in [4.69, 9.17) is 4.74 Å². The van der Waals surface area contributed by atoms with E-state index in [1.54, 1.807) is 39.0 Å². The van der Waals surface area contributed by atoms with Crippen LogP contribution in [0.1, 0.15) is 26.3 Å². The van der Waals surface area contributed by atoms with Gasteiger partial charge in [-0.3, -0.25) is 9.59 Å². The second kappa shape index (κ2) is 6.74. The summed E-state index contributed by atoms with van der Waals surface area (Å²) in [5.41, 5.74) is 1.93. The SMILES string of the molecule is COc1cccc(C=NNC(=O)C(=O)NC(C)(C)C)c1O. The first-order chi connectivity index (χ1) is 9.74. The summed E-state index contributed by atoms with van der Waals surface area (Å²) in [4.78, 5) is 23.0. The first kappa shape index (κ1) is 16.5. The summed E-state index contributed by atoms with van der Waals surface area (Å²) < 4.78 is 4.94. The Morgan fingerprint density at radius 3 is 2.52 bits per heavy atom. The van der Waals surface area contributed by atoms with Crippen LogP contribution < -0.4 is 15.5 Å². The second-order valence-electron chi connectivity index (χ2n) is 5.30. The number of benzene rings is 1. The standard InChI is InChI=1S/C14H19N3O4/c1-14(2,3)16-12(19)13(20)17-15-8-9-6-5-7-10(21-4)11(9)18/h5-8,18H,1-4H3,(H,16,19)(H,17,20). The van der Waals surface area contributed by atoms with Crippen LogP contribution in [0.3, 0.4) is 0 Å². The van der Waals surface area contributed by atoms with E-state index in [9.17, 15) is 14.7 Å². The van der Waals surface area contributed by atoms with Gasteiger partial charge in [0.1, 0.15) is 0 Å². The third kappa shape index (κ3) is 5.13. The Morgan fingerprint density at radius 2 is 1.95 bits per heavy atom. The molecule has 0 saturated heterocycles. The first-order valence-corrected chi connectivity index (χ1v) is 6.26. The number of phenolic OH excluding ortho intramolecular Hbond substituents is 1. The van der Waals surface area contributed by atoms with Gasteiger partial charge in [-0.1, -0.05) is 6.07 Å². The molecule has 114 valence electrons. The molecule has 0 heterocycles. The van der Waals surface area contributed by atoms with Crippen molar-refractivity contribution in [2.45, 2.75) is 26.3 Å². The lowest BCUT2D eigenvalue weighted by Gasteiger charge is -2.19. The van der Waals surface area contributed by atoms with Crippen molar-refractivity contribution < 1.29 is 19.4 Å². The molecule has 0 aliphatic heterocycles. The van der Waals surface area contributed by atoms with E-state index in [2.05, 4.69) is 15.8 Å². The molecule has 1 aromatic carbocycles. The highest BCUT2D eigenvalue weighted by Crippen LogP contribution is 2.27. The molecule has 0 fully saturated rings. The normalized spacial score (nSPS) is 11.2. The molecule has 1 rings (SSSR count). The molecule has 0 unspecified atom stereocenters. The molecule has 0 saturated carbocycles. The number of phenols is 1. The van der Waals surface area contributed by atoms with Gasteiger partial charge in [0.2, 0.25) is 0 Å². The molecule has 21 heavy (non-hydrogen) atoms. The summed E-state index contributed by atoms with van der Waals surface area (Å²) >= 11 is 0. The Morgan fingerprint density at radius 1 is 1.29 bits per heavy atom. The molecule has 7 nitrogen and oxygen atoms in total. The number of nitrogens with one attached hydrogen (secondary N) is 2. The molecule has 3 N–H and O–H groups in total. The monoisotopic (exact) mass is 293 g/mol. The van der Waals surface area contributed by atoms with Crippen LogP contribution in [0.2, 0.25) is 0 Å². The topological polar surface area (TPSA) is 100 Å². The van der Waals surface area contributed by atoms with E-state index >= 15 is 0 Å².